The molecule has 0 bridgehead atoms. The molecule has 0 aliphatic rings. The van der Waals surface area contributed by atoms with E-state index >= 15 is 0 Å². The minimum atomic E-state index is -4.65. The molecule has 0 heterocycles. The number of rotatable bonds is 2. The summed E-state index contributed by atoms with van der Waals surface area (Å²) in [6.07, 6.45) is -4.65. The maximum absolute atomic E-state index is 12.4. The van der Waals surface area contributed by atoms with Crippen LogP contribution in [0.3, 0.4) is 0 Å². The first kappa shape index (κ1) is 12.3. The number of hydrogen-bond donors (Lipinski definition) is 0. The minimum Gasteiger partial charge on any atom is -0.227 e. The van der Waals surface area contributed by atoms with Crippen LogP contribution in [0.5, 0.6) is 0 Å². The van der Waals surface area contributed by atoms with Crippen molar-refractivity contribution >= 4 is 13.3 Å². The summed E-state index contributed by atoms with van der Waals surface area (Å²) in [6.45, 7) is 2.90. The molecule has 0 aromatic heterocycles. The molecular weight excluding hydrogens is 221 g/mol. The van der Waals surface area contributed by atoms with E-state index in [1.807, 2.05) is 0 Å². The van der Waals surface area contributed by atoms with Crippen LogP contribution in [0.15, 0.2) is 30.3 Å². The van der Waals surface area contributed by atoms with Gasteiger partial charge >= 0.3 is 6.18 Å². The molecule has 1 nitrogen and oxygen atoms in total. The summed E-state index contributed by atoms with van der Waals surface area (Å²) in [4.78, 5) is 0. The zero-order chi connectivity index (χ0) is 11.7. The summed E-state index contributed by atoms with van der Waals surface area (Å²) in [5.74, 6) is 0. The first-order valence-electron chi connectivity index (χ1n) is 4.54. The Morgan fingerprint density at radius 1 is 1.13 bits per heavy atom. The van der Waals surface area contributed by atoms with Crippen molar-refractivity contribution in [3.8, 4) is 0 Å². The lowest BCUT2D eigenvalue weighted by Gasteiger charge is -2.28. The van der Waals surface area contributed by atoms with Crippen LogP contribution in [-0.2, 0) is 5.11 Å². The predicted octanol–water partition coefficient (Wildman–Crippen LogP) is 2.50. The van der Waals surface area contributed by atoms with Gasteiger partial charge in [0, 0.05) is 0 Å². The standard InChI is InChI=1S/C10H12F3OSi/c1-15(2,9(14)10(11,12)13)8-6-4-3-5-7-8/h3-7,9H,1-2H3. The van der Waals surface area contributed by atoms with Crippen molar-refractivity contribution in [1.29, 1.82) is 0 Å². The van der Waals surface area contributed by atoms with E-state index in [0.29, 0.717) is 5.19 Å². The largest absolute Gasteiger partial charge is 0.415 e. The van der Waals surface area contributed by atoms with Crippen LogP contribution >= 0.6 is 0 Å². The predicted molar refractivity (Wildman–Crippen MR) is 54.1 cm³/mol. The molecule has 15 heavy (non-hydrogen) atoms. The highest BCUT2D eigenvalue weighted by molar-refractivity contribution is 6.90. The molecular formula is C10H12F3OSi. The van der Waals surface area contributed by atoms with Crippen molar-refractivity contribution in [1.82, 2.24) is 0 Å². The third-order valence-corrected chi connectivity index (χ3v) is 5.93. The normalized spacial score (nSPS) is 15.1. The van der Waals surface area contributed by atoms with Crippen molar-refractivity contribution < 1.29 is 18.3 Å². The summed E-state index contributed by atoms with van der Waals surface area (Å²) in [5.41, 5.74) is -2.47. The molecule has 1 aromatic carbocycles. The van der Waals surface area contributed by atoms with E-state index in [1.54, 1.807) is 30.3 Å². The van der Waals surface area contributed by atoms with Gasteiger partial charge in [-0.25, -0.2) is 5.11 Å². The summed E-state index contributed by atoms with van der Waals surface area (Å²) >= 11 is 0. The number of alkyl halides is 3. The third-order valence-electron chi connectivity index (χ3n) is 2.47. The Hall–Kier alpha value is -0.813. The van der Waals surface area contributed by atoms with Crippen LogP contribution in [0, 0.1) is 0 Å². The zero-order valence-corrected chi connectivity index (χ0v) is 9.51. The molecule has 1 aromatic rings. The second-order valence-electron chi connectivity index (χ2n) is 4.01. The SMILES string of the molecule is C[Si](C)(c1ccccc1)C([O])C(F)(F)F. The van der Waals surface area contributed by atoms with Gasteiger partial charge in [-0.3, -0.25) is 0 Å². The quantitative estimate of drug-likeness (QED) is 0.699. The lowest BCUT2D eigenvalue weighted by Crippen LogP contribution is -2.58. The Kier molecular flexibility index (Phi) is 3.25. The number of hydrogen-bond acceptors (Lipinski definition) is 0. The van der Waals surface area contributed by atoms with Gasteiger partial charge in [0.05, 0.1) is 0 Å². The van der Waals surface area contributed by atoms with Crippen molar-refractivity contribution in [2.45, 2.75) is 25.0 Å². The molecule has 0 spiro atoms. The molecule has 0 amide bonds. The summed E-state index contributed by atoms with van der Waals surface area (Å²) in [7, 11) is -3.00. The fraction of sp³-hybridized carbons (Fsp3) is 0.400. The molecule has 83 valence electrons. The van der Waals surface area contributed by atoms with Crippen molar-refractivity contribution in [3.05, 3.63) is 30.3 Å². The molecule has 0 saturated heterocycles. The topological polar surface area (TPSA) is 19.9 Å². The van der Waals surface area contributed by atoms with Gasteiger partial charge in [-0.15, -0.1) is 0 Å². The molecule has 1 rings (SSSR count). The van der Waals surface area contributed by atoms with Crippen molar-refractivity contribution in [3.63, 3.8) is 0 Å². The van der Waals surface area contributed by atoms with Crippen LogP contribution in [-0.4, -0.2) is 20.0 Å². The van der Waals surface area contributed by atoms with E-state index in [4.69, 9.17) is 0 Å². The fourth-order valence-electron chi connectivity index (χ4n) is 1.43. The first-order valence-corrected chi connectivity index (χ1v) is 7.62. The van der Waals surface area contributed by atoms with Gasteiger partial charge in [0.1, 0.15) is 8.07 Å². The highest BCUT2D eigenvalue weighted by Gasteiger charge is 2.51. The molecule has 1 atom stereocenters. The van der Waals surface area contributed by atoms with Gasteiger partial charge in [-0.2, -0.15) is 13.2 Å². The molecule has 0 aliphatic heterocycles. The zero-order valence-electron chi connectivity index (χ0n) is 8.51. The van der Waals surface area contributed by atoms with Crippen LogP contribution in [0.4, 0.5) is 13.2 Å². The monoisotopic (exact) mass is 233 g/mol. The maximum atomic E-state index is 12.4. The Morgan fingerprint density at radius 2 is 1.60 bits per heavy atom. The lowest BCUT2D eigenvalue weighted by atomic mass is 10.4. The van der Waals surface area contributed by atoms with Crippen molar-refractivity contribution in [2.24, 2.45) is 0 Å². The molecule has 0 fully saturated rings. The molecule has 0 saturated carbocycles. The highest BCUT2D eigenvalue weighted by Crippen LogP contribution is 2.27. The van der Waals surface area contributed by atoms with Crippen molar-refractivity contribution in [2.75, 3.05) is 0 Å². The molecule has 5 heteroatoms. The second-order valence-corrected chi connectivity index (χ2v) is 8.55. The molecule has 0 aliphatic carbocycles. The Labute approximate surface area is 87.6 Å². The molecule has 0 N–H and O–H groups in total. The van der Waals surface area contributed by atoms with Gasteiger partial charge in [0.15, 0.2) is 5.73 Å². The smallest absolute Gasteiger partial charge is 0.227 e. The van der Waals surface area contributed by atoms with E-state index in [1.165, 1.54) is 13.1 Å². The lowest BCUT2D eigenvalue weighted by molar-refractivity contribution is -0.195. The van der Waals surface area contributed by atoms with Gasteiger partial charge < -0.3 is 0 Å². The van der Waals surface area contributed by atoms with E-state index in [9.17, 15) is 18.3 Å². The van der Waals surface area contributed by atoms with E-state index in [0.717, 1.165) is 0 Å². The third kappa shape index (κ3) is 2.60. The minimum absolute atomic E-state index is 0.544. The molecule has 1 radical (unpaired) electrons. The van der Waals surface area contributed by atoms with Gasteiger partial charge in [-0.1, -0.05) is 48.6 Å². The Balaban J connectivity index is 3.03. The number of halogens is 3. The molecule has 1 unspecified atom stereocenters. The fourth-order valence-corrected chi connectivity index (χ4v) is 3.60. The van der Waals surface area contributed by atoms with Crippen LogP contribution in [0.25, 0.3) is 0 Å². The highest BCUT2D eigenvalue weighted by atomic mass is 28.3. The van der Waals surface area contributed by atoms with E-state index in [2.05, 4.69) is 0 Å². The first-order chi connectivity index (χ1) is 6.76. The maximum Gasteiger partial charge on any atom is 0.415 e. The summed E-state index contributed by atoms with van der Waals surface area (Å²) < 4.78 is 37.1. The van der Waals surface area contributed by atoms with Gasteiger partial charge in [0.25, 0.3) is 0 Å². The summed E-state index contributed by atoms with van der Waals surface area (Å²) in [5, 5.41) is 11.9. The van der Waals surface area contributed by atoms with Crippen LogP contribution < -0.4 is 5.19 Å². The Morgan fingerprint density at radius 3 is 2.00 bits per heavy atom. The van der Waals surface area contributed by atoms with E-state index < -0.39 is 20.0 Å². The average molecular weight is 233 g/mol. The van der Waals surface area contributed by atoms with Crippen LogP contribution in [0.2, 0.25) is 13.1 Å². The van der Waals surface area contributed by atoms with Crippen LogP contribution in [0.1, 0.15) is 0 Å². The van der Waals surface area contributed by atoms with Gasteiger partial charge in [0.2, 0.25) is 0 Å². The Bertz CT molecular complexity index is 321. The second kappa shape index (κ2) is 3.98. The van der Waals surface area contributed by atoms with E-state index in [-0.39, 0.29) is 0 Å². The van der Waals surface area contributed by atoms with Gasteiger partial charge in [-0.05, 0) is 0 Å². The average Bonchev–Trinajstić information content (AvgIpc) is 2.16. The summed E-state index contributed by atoms with van der Waals surface area (Å²) in [6, 6.07) is 8.24. The number of benzene rings is 1.